The van der Waals surface area contributed by atoms with Crippen molar-refractivity contribution in [3.63, 3.8) is 0 Å². The Labute approximate surface area is 93.0 Å². The summed E-state index contributed by atoms with van der Waals surface area (Å²) in [5.41, 5.74) is 4.66. The summed E-state index contributed by atoms with van der Waals surface area (Å²) >= 11 is 0. The van der Waals surface area contributed by atoms with E-state index in [9.17, 15) is 0 Å². The third-order valence-corrected chi connectivity index (χ3v) is 3.81. The van der Waals surface area contributed by atoms with Gasteiger partial charge in [-0.05, 0) is 43.6 Å². The maximum absolute atomic E-state index is 4.09. The summed E-state index contributed by atoms with van der Waals surface area (Å²) in [7, 11) is 0. The molecule has 1 saturated carbocycles. The molecule has 0 amide bonds. The average molecular weight is 200 g/mol. The van der Waals surface area contributed by atoms with Crippen molar-refractivity contribution in [3.8, 4) is 0 Å². The molecule has 1 aromatic carbocycles. The summed E-state index contributed by atoms with van der Waals surface area (Å²) in [5, 5.41) is 0. The van der Waals surface area contributed by atoms with E-state index in [4.69, 9.17) is 0 Å². The van der Waals surface area contributed by atoms with Crippen LogP contribution < -0.4 is 0 Å². The highest BCUT2D eigenvalue weighted by molar-refractivity contribution is 5.29. The van der Waals surface area contributed by atoms with Crippen LogP contribution in [-0.2, 0) is 5.41 Å². The molecule has 1 aliphatic carbocycles. The van der Waals surface area contributed by atoms with E-state index in [1.807, 2.05) is 0 Å². The maximum Gasteiger partial charge on any atom is -0.00692 e. The lowest BCUT2D eigenvalue weighted by Crippen LogP contribution is -2.25. The molecular formula is C15H20. The molecule has 1 aromatic rings. The van der Waals surface area contributed by atoms with Crippen LogP contribution in [0.15, 0.2) is 36.4 Å². The van der Waals surface area contributed by atoms with Gasteiger partial charge in [0.25, 0.3) is 0 Å². The average Bonchev–Trinajstić information content (AvgIpc) is 2.24. The lowest BCUT2D eigenvalue weighted by Gasteiger charge is -2.35. The number of hydrogen-bond donors (Lipinski definition) is 0. The van der Waals surface area contributed by atoms with Gasteiger partial charge in [-0.15, -0.1) is 0 Å². The number of aryl methyl sites for hydroxylation is 1. The Balaban J connectivity index is 2.22. The Morgan fingerprint density at radius 2 is 1.60 bits per heavy atom. The van der Waals surface area contributed by atoms with Crippen molar-refractivity contribution < 1.29 is 0 Å². The number of benzene rings is 1. The molecule has 0 heterocycles. The molecule has 0 nitrogen and oxygen atoms in total. The van der Waals surface area contributed by atoms with Crippen molar-refractivity contribution in [1.29, 1.82) is 0 Å². The second kappa shape index (κ2) is 3.84. The minimum atomic E-state index is 0.384. The molecule has 2 rings (SSSR count). The zero-order chi connectivity index (χ0) is 10.9. The molecule has 0 spiro atoms. The molecule has 0 saturated heterocycles. The van der Waals surface area contributed by atoms with Crippen LogP contribution in [-0.4, -0.2) is 0 Å². The number of rotatable bonds is 1. The van der Waals surface area contributed by atoms with Gasteiger partial charge in [-0.1, -0.05) is 48.9 Å². The third-order valence-electron chi connectivity index (χ3n) is 3.81. The van der Waals surface area contributed by atoms with Gasteiger partial charge in [-0.3, -0.25) is 0 Å². The molecule has 1 aliphatic rings. The van der Waals surface area contributed by atoms with Gasteiger partial charge >= 0.3 is 0 Å². The van der Waals surface area contributed by atoms with Crippen LogP contribution in [0.1, 0.15) is 43.7 Å². The molecule has 0 aromatic heterocycles. The van der Waals surface area contributed by atoms with Gasteiger partial charge in [0, 0.05) is 0 Å². The van der Waals surface area contributed by atoms with Crippen molar-refractivity contribution >= 4 is 0 Å². The van der Waals surface area contributed by atoms with Crippen molar-refractivity contribution in [3.05, 3.63) is 47.5 Å². The molecule has 15 heavy (non-hydrogen) atoms. The van der Waals surface area contributed by atoms with E-state index in [0.717, 1.165) is 0 Å². The Morgan fingerprint density at radius 1 is 1.07 bits per heavy atom. The van der Waals surface area contributed by atoms with Gasteiger partial charge in [0.1, 0.15) is 0 Å². The van der Waals surface area contributed by atoms with E-state index in [1.54, 1.807) is 0 Å². The van der Waals surface area contributed by atoms with Gasteiger partial charge in [0.05, 0.1) is 0 Å². The van der Waals surface area contributed by atoms with Crippen LogP contribution in [0.25, 0.3) is 0 Å². The van der Waals surface area contributed by atoms with Crippen molar-refractivity contribution in [2.45, 2.75) is 44.9 Å². The first-order valence-electron chi connectivity index (χ1n) is 5.84. The normalized spacial score (nSPS) is 20.3. The fourth-order valence-electron chi connectivity index (χ4n) is 2.40. The summed E-state index contributed by atoms with van der Waals surface area (Å²) in [6.07, 6.45) is 4.92. The predicted molar refractivity (Wildman–Crippen MR) is 66.1 cm³/mol. The van der Waals surface area contributed by atoms with E-state index in [-0.39, 0.29) is 0 Å². The summed E-state index contributed by atoms with van der Waals surface area (Å²) in [5.74, 6) is 0. The second-order valence-corrected chi connectivity index (χ2v) is 5.18. The minimum absolute atomic E-state index is 0.384. The molecule has 0 bridgehead atoms. The van der Waals surface area contributed by atoms with Gasteiger partial charge in [-0.2, -0.15) is 0 Å². The molecule has 0 atom stereocenters. The van der Waals surface area contributed by atoms with E-state index < -0.39 is 0 Å². The Morgan fingerprint density at radius 3 is 2.13 bits per heavy atom. The van der Waals surface area contributed by atoms with Crippen LogP contribution >= 0.6 is 0 Å². The Bertz CT molecular complexity index is 346. The summed E-state index contributed by atoms with van der Waals surface area (Å²) in [4.78, 5) is 0. The van der Waals surface area contributed by atoms with Gasteiger partial charge in [-0.25, -0.2) is 0 Å². The smallest absolute Gasteiger partial charge is 0.00692 e. The van der Waals surface area contributed by atoms with Crippen LogP contribution in [0.5, 0.6) is 0 Å². The SMILES string of the molecule is C=C1CCC(C)(c2ccc(C)cc2)CC1. The van der Waals surface area contributed by atoms with Crippen LogP contribution in [0, 0.1) is 6.92 Å². The van der Waals surface area contributed by atoms with Crippen molar-refractivity contribution in [2.75, 3.05) is 0 Å². The van der Waals surface area contributed by atoms with Crippen molar-refractivity contribution in [1.82, 2.24) is 0 Å². The van der Waals surface area contributed by atoms with Crippen molar-refractivity contribution in [2.24, 2.45) is 0 Å². The fraction of sp³-hybridized carbons (Fsp3) is 0.467. The van der Waals surface area contributed by atoms with Crippen LogP contribution in [0.3, 0.4) is 0 Å². The van der Waals surface area contributed by atoms with E-state index >= 15 is 0 Å². The first kappa shape index (κ1) is 10.5. The third kappa shape index (κ3) is 2.14. The molecule has 0 unspecified atom stereocenters. The highest BCUT2D eigenvalue weighted by Crippen LogP contribution is 2.40. The Kier molecular flexibility index (Phi) is 2.68. The second-order valence-electron chi connectivity index (χ2n) is 5.18. The molecule has 0 heteroatoms. The first-order chi connectivity index (χ1) is 7.10. The van der Waals surface area contributed by atoms with Crippen LogP contribution in [0.4, 0.5) is 0 Å². The van der Waals surface area contributed by atoms with E-state index in [2.05, 4.69) is 44.7 Å². The molecule has 0 aliphatic heterocycles. The molecule has 80 valence electrons. The van der Waals surface area contributed by atoms with Crippen LogP contribution in [0.2, 0.25) is 0 Å². The number of allylic oxidation sites excluding steroid dienone is 1. The zero-order valence-corrected chi connectivity index (χ0v) is 9.84. The summed E-state index contributed by atoms with van der Waals surface area (Å²) < 4.78 is 0. The molecule has 0 radical (unpaired) electrons. The summed E-state index contributed by atoms with van der Waals surface area (Å²) in [6.45, 7) is 8.63. The molecule has 0 N–H and O–H groups in total. The first-order valence-corrected chi connectivity index (χ1v) is 5.84. The quantitative estimate of drug-likeness (QED) is 0.590. The molecule has 1 fully saturated rings. The molecular weight excluding hydrogens is 180 g/mol. The number of hydrogen-bond acceptors (Lipinski definition) is 0. The topological polar surface area (TPSA) is 0 Å². The van der Waals surface area contributed by atoms with Gasteiger partial charge in [0.2, 0.25) is 0 Å². The maximum atomic E-state index is 4.09. The highest BCUT2D eigenvalue weighted by Gasteiger charge is 2.29. The largest absolute Gasteiger partial charge is 0.0999 e. The monoisotopic (exact) mass is 200 g/mol. The lowest BCUT2D eigenvalue weighted by atomic mass is 9.70. The standard InChI is InChI=1S/C15H20/c1-12-4-6-14(7-5-12)15(3)10-8-13(2)9-11-15/h4-7H,2,8-11H2,1,3H3. The van der Waals surface area contributed by atoms with Gasteiger partial charge < -0.3 is 0 Å². The van der Waals surface area contributed by atoms with E-state index in [1.165, 1.54) is 42.4 Å². The van der Waals surface area contributed by atoms with E-state index in [0.29, 0.717) is 5.41 Å². The van der Waals surface area contributed by atoms with Gasteiger partial charge in [0.15, 0.2) is 0 Å². The zero-order valence-electron chi connectivity index (χ0n) is 9.84. The highest BCUT2D eigenvalue weighted by atomic mass is 14.3. The fourth-order valence-corrected chi connectivity index (χ4v) is 2.40. The Hall–Kier alpha value is -1.04. The minimum Gasteiger partial charge on any atom is -0.0999 e. The lowest BCUT2D eigenvalue weighted by molar-refractivity contribution is 0.364. The summed E-state index contributed by atoms with van der Waals surface area (Å²) in [6, 6.07) is 9.04. The predicted octanol–water partition coefficient (Wildman–Crippen LogP) is 4.38.